The molecule has 116 valence electrons. The van der Waals surface area contributed by atoms with Crippen LogP contribution in [0.25, 0.3) is 0 Å². The minimum Gasteiger partial charge on any atom is -0.314 e. The summed E-state index contributed by atoms with van der Waals surface area (Å²) in [6, 6.07) is 9.77. The summed E-state index contributed by atoms with van der Waals surface area (Å²) in [6.45, 7) is 3.38. The van der Waals surface area contributed by atoms with Gasteiger partial charge in [-0.2, -0.15) is 0 Å². The van der Waals surface area contributed by atoms with E-state index in [0.717, 1.165) is 24.4 Å². The zero-order valence-electron chi connectivity index (χ0n) is 13.6. The van der Waals surface area contributed by atoms with E-state index in [1.807, 2.05) is 0 Å². The number of hydrogen-bond donors (Lipinski definition) is 1. The molecule has 3 rings (SSSR count). The molecule has 1 nitrogen and oxygen atoms in total. The zero-order valence-corrected chi connectivity index (χ0v) is 13.6. The molecule has 2 aliphatic rings. The van der Waals surface area contributed by atoms with Crippen molar-refractivity contribution in [3.8, 4) is 0 Å². The molecular weight excluding hydrogens is 254 g/mol. The minimum atomic E-state index is 0.733. The average molecular weight is 285 g/mol. The Balaban J connectivity index is 1.55. The van der Waals surface area contributed by atoms with Gasteiger partial charge in [0.25, 0.3) is 0 Å². The summed E-state index contributed by atoms with van der Waals surface area (Å²) in [5.74, 6) is 1.79. The number of hydrogen-bond acceptors (Lipinski definition) is 1. The van der Waals surface area contributed by atoms with Crippen molar-refractivity contribution in [3.05, 3.63) is 35.4 Å². The summed E-state index contributed by atoms with van der Waals surface area (Å²) in [4.78, 5) is 0. The van der Waals surface area contributed by atoms with Crippen LogP contribution in [-0.2, 0) is 6.42 Å². The topological polar surface area (TPSA) is 12.0 Å². The summed E-state index contributed by atoms with van der Waals surface area (Å²) in [6.07, 6.45) is 12.9. The monoisotopic (exact) mass is 285 g/mol. The van der Waals surface area contributed by atoms with Crippen molar-refractivity contribution in [1.29, 1.82) is 0 Å². The molecule has 1 heteroatoms. The molecule has 0 radical (unpaired) electrons. The lowest BCUT2D eigenvalue weighted by Gasteiger charge is -2.34. The molecule has 1 aromatic rings. The predicted octanol–water partition coefficient (Wildman–Crippen LogP) is 5.06. The number of rotatable bonds is 6. The highest BCUT2D eigenvalue weighted by Gasteiger charge is 2.28. The van der Waals surface area contributed by atoms with E-state index in [1.54, 1.807) is 11.1 Å². The van der Waals surface area contributed by atoms with E-state index in [4.69, 9.17) is 0 Å². The molecule has 1 N–H and O–H groups in total. The fourth-order valence-corrected chi connectivity index (χ4v) is 4.47. The molecule has 2 atom stereocenters. The van der Waals surface area contributed by atoms with E-state index in [9.17, 15) is 0 Å². The number of nitrogens with one attached hydrogen (secondary N) is 1. The first-order valence-corrected chi connectivity index (χ1v) is 9.18. The van der Waals surface area contributed by atoms with Crippen molar-refractivity contribution < 1.29 is 0 Å². The van der Waals surface area contributed by atoms with Crippen molar-refractivity contribution >= 4 is 0 Å². The summed E-state index contributed by atoms with van der Waals surface area (Å²) < 4.78 is 0. The van der Waals surface area contributed by atoms with Crippen LogP contribution in [0.2, 0.25) is 0 Å². The average Bonchev–Trinajstić information content (AvgIpc) is 2.73. The van der Waals surface area contributed by atoms with Gasteiger partial charge in [0.2, 0.25) is 0 Å². The van der Waals surface area contributed by atoms with Crippen molar-refractivity contribution in [1.82, 2.24) is 5.32 Å². The molecule has 0 aliphatic heterocycles. The van der Waals surface area contributed by atoms with Gasteiger partial charge < -0.3 is 5.32 Å². The van der Waals surface area contributed by atoms with E-state index in [2.05, 4.69) is 36.5 Å². The van der Waals surface area contributed by atoms with Crippen LogP contribution in [0, 0.1) is 5.92 Å². The molecule has 0 aromatic heterocycles. The van der Waals surface area contributed by atoms with Gasteiger partial charge in [-0.1, -0.05) is 69.7 Å². The quantitative estimate of drug-likeness (QED) is 0.721. The Morgan fingerprint density at radius 1 is 1.05 bits per heavy atom. The summed E-state index contributed by atoms with van der Waals surface area (Å²) in [7, 11) is 0. The van der Waals surface area contributed by atoms with Crippen LogP contribution in [0.1, 0.15) is 75.3 Å². The van der Waals surface area contributed by atoms with Crippen LogP contribution in [0.3, 0.4) is 0 Å². The molecule has 0 spiro atoms. The molecule has 2 unspecified atom stereocenters. The van der Waals surface area contributed by atoms with Crippen LogP contribution in [-0.4, -0.2) is 12.6 Å². The van der Waals surface area contributed by atoms with Crippen LogP contribution < -0.4 is 5.32 Å². The lowest BCUT2D eigenvalue weighted by atomic mass is 9.73. The van der Waals surface area contributed by atoms with Crippen LogP contribution >= 0.6 is 0 Å². The molecule has 1 aromatic carbocycles. The van der Waals surface area contributed by atoms with E-state index in [0.29, 0.717) is 0 Å². The Morgan fingerprint density at radius 3 is 2.52 bits per heavy atom. The molecule has 0 bridgehead atoms. The molecule has 1 fully saturated rings. The first-order chi connectivity index (χ1) is 10.4. The van der Waals surface area contributed by atoms with Crippen molar-refractivity contribution in [2.45, 2.75) is 76.7 Å². The summed E-state index contributed by atoms with van der Waals surface area (Å²) in [5.41, 5.74) is 3.22. The van der Waals surface area contributed by atoms with Gasteiger partial charge in [-0.05, 0) is 48.8 Å². The van der Waals surface area contributed by atoms with Gasteiger partial charge in [0.1, 0.15) is 0 Å². The lowest BCUT2D eigenvalue weighted by molar-refractivity contribution is 0.322. The maximum absolute atomic E-state index is 3.78. The predicted molar refractivity (Wildman–Crippen MR) is 90.8 cm³/mol. The second kappa shape index (κ2) is 7.45. The van der Waals surface area contributed by atoms with Crippen LogP contribution in [0.4, 0.5) is 0 Å². The molecule has 2 aliphatic carbocycles. The normalized spacial score (nSPS) is 24.0. The van der Waals surface area contributed by atoms with E-state index in [1.165, 1.54) is 57.8 Å². The first kappa shape index (κ1) is 15.1. The van der Waals surface area contributed by atoms with Gasteiger partial charge >= 0.3 is 0 Å². The maximum atomic E-state index is 3.78. The van der Waals surface area contributed by atoms with Gasteiger partial charge in [0.05, 0.1) is 0 Å². The molecule has 1 saturated carbocycles. The summed E-state index contributed by atoms with van der Waals surface area (Å²) in [5, 5.41) is 3.78. The van der Waals surface area contributed by atoms with Crippen LogP contribution in [0.15, 0.2) is 24.3 Å². The van der Waals surface area contributed by atoms with Crippen molar-refractivity contribution in [2.24, 2.45) is 5.92 Å². The zero-order chi connectivity index (χ0) is 14.5. The second-order valence-electron chi connectivity index (χ2n) is 7.18. The molecule has 0 saturated heterocycles. The second-order valence-corrected chi connectivity index (χ2v) is 7.18. The molecule has 0 amide bonds. The summed E-state index contributed by atoms with van der Waals surface area (Å²) >= 11 is 0. The van der Waals surface area contributed by atoms with Gasteiger partial charge in [-0.15, -0.1) is 0 Å². The standard InChI is InChI=1S/C20H31N/c1-2-21-19(13-16-9-5-3-4-6-10-16)15-18-14-17-11-7-8-12-20(17)18/h7-8,11-12,16,18-19,21H,2-6,9-10,13-15H2,1H3. The van der Waals surface area contributed by atoms with Gasteiger partial charge in [-0.3, -0.25) is 0 Å². The first-order valence-electron chi connectivity index (χ1n) is 9.18. The van der Waals surface area contributed by atoms with E-state index < -0.39 is 0 Å². The van der Waals surface area contributed by atoms with Gasteiger partial charge in [0, 0.05) is 6.04 Å². The Bertz CT molecular complexity index is 431. The van der Waals surface area contributed by atoms with Gasteiger partial charge in [0.15, 0.2) is 0 Å². The third-order valence-corrected chi connectivity index (χ3v) is 5.62. The smallest absolute Gasteiger partial charge is 0.00755 e. The SMILES string of the molecule is CCNC(CC1CCCCCC1)CC1Cc2ccccc21. The van der Waals surface area contributed by atoms with Crippen LogP contribution in [0.5, 0.6) is 0 Å². The van der Waals surface area contributed by atoms with E-state index >= 15 is 0 Å². The van der Waals surface area contributed by atoms with Crippen molar-refractivity contribution in [3.63, 3.8) is 0 Å². The Hall–Kier alpha value is -0.820. The van der Waals surface area contributed by atoms with Gasteiger partial charge in [-0.25, -0.2) is 0 Å². The molecule has 0 heterocycles. The molecule has 21 heavy (non-hydrogen) atoms. The largest absolute Gasteiger partial charge is 0.314 e. The Labute approximate surface area is 130 Å². The lowest BCUT2D eigenvalue weighted by Crippen LogP contribution is -2.35. The third kappa shape index (κ3) is 3.88. The Kier molecular flexibility index (Phi) is 5.35. The molecular formula is C20H31N. The highest BCUT2D eigenvalue weighted by molar-refractivity contribution is 5.39. The number of fused-ring (bicyclic) bond motifs is 1. The third-order valence-electron chi connectivity index (χ3n) is 5.62. The minimum absolute atomic E-state index is 0.733. The number of benzene rings is 1. The Morgan fingerprint density at radius 2 is 1.81 bits per heavy atom. The highest BCUT2D eigenvalue weighted by atomic mass is 14.9. The fraction of sp³-hybridized carbons (Fsp3) is 0.700. The maximum Gasteiger partial charge on any atom is 0.00755 e. The van der Waals surface area contributed by atoms with E-state index in [-0.39, 0.29) is 0 Å². The fourth-order valence-electron chi connectivity index (χ4n) is 4.47. The highest BCUT2D eigenvalue weighted by Crippen LogP contribution is 2.39. The van der Waals surface area contributed by atoms with Crippen molar-refractivity contribution in [2.75, 3.05) is 6.54 Å².